The first-order valence-corrected chi connectivity index (χ1v) is 3.92. The maximum Gasteiger partial charge on any atom is 0.107 e. The highest BCUT2D eigenvalue weighted by Crippen LogP contribution is 2.36. The molecule has 0 spiro atoms. The Morgan fingerprint density at radius 3 is 2.15 bits per heavy atom. The van der Waals surface area contributed by atoms with Crippen molar-refractivity contribution in [3.8, 4) is 0 Å². The summed E-state index contributed by atoms with van der Waals surface area (Å²) in [4.78, 5) is 0. The Balaban J connectivity index is 0.000000845. The van der Waals surface area contributed by atoms with Gasteiger partial charge in [-0.3, -0.25) is 0 Å². The fraction of sp³-hybridized carbons (Fsp3) is 0.333. The zero-order valence-electron chi connectivity index (χ0n) is 6.92. The molecular weight excluding hydrogens is 190 g/mol. The van der Waals surface area contributed by atoms with Crippen molar-refractivity contribution in [1.29, 1.82) is 0 Å². The van der Waals surface area contributed by atoms with E-state index in [0.717, 1.165) is 11.1 Å². The molecule has 0 radical (unpaired) electrons. The van der Waals surface area contributed by atoms with E-state index in [4.69, 9.17) is 5.73 Å². The van der Waals surface area contributed by atoms with Gasteiger partial charge in [0, 0.05) is 0 Å². The maximum atomic E-state index is 9.49. The molecule has 3 nitrogen and oxygen atoms in total. The van der Waals surface area contributed by atoms with Crippen LogP contribution in [0.3, 0.4) is 0 Å². The molecule has 0 saturated heterocycles. The van der Waals surface area contributed by atoms with E-state index in [1.165, 1.54) is 0 Å². The van der Waals surface area contributed by atoms with Crippen molar-refractivity contribution < 1.29 is 10.2 Å². The normalized spacial score (nSPS) is 30.8. The molecule has 3 atom stereocenters. The summed E-state index contributed by atoms with van der Waals surface area (Å²) in [5.74, 6) is 0. The van der Waals surface area contributed by atoms with Crippen LogP contribution in [0.25, 0.3) is 0 Å². The van der Waals surface area contributed by atoms with Crippen LogP contribution in [0.4, 0.5) is 0 Å². The highest BCUT2D eigenvalue weighted by molar-refractivity contribution is 5.85. The van der Waals surface area contributed by atoms with Gasteiger partial charge < -0.3 is 15.9 Å². The van der Waals surface area contributed by atoms with Gasteiger partial charge >= 0.3 is 0 Å². The van der Waals surface area contributed by atoms with E-state index in [9.17, 15) is 10.2 Å². The van der Waals surface area contributed by atoms with Crippen molar-refractivity contribution in [1.82, 2.24) is 0 Å². The molecule has 0 fully saturated rings. The standard InChI is InChI=1S/C9H11NO2.ClH/c10-7-5-3-1-2-4-6(5)8(11)9(7)12;/h1-4,7-9,11-12H,10H2;1H/t7-,8?,9-;/m1./s1. The van der Waals surface area contributed by atoms with Crippen molar-refractivity contribution in [3.63, 3.8) is 0 Å². The summed E-state index contributed by atoms with van der Waals surface area (Å²) < 4.78 is 0. The molecule has 1 aliphatic carbocycles. The van der Waals surface area contributed by atoms with E-state index in [1.54, 1.807) is 6.07 Å². The smallest absolute Gasteiger partial charge is 0.107 e. The molecule has 1 aromatic rings. The summed E-state index contributed by atoms with van der Waals surface area (Å²) in [6.45, 7) is 0. The molecule has 0 saturated carbocycles. The lowest BCUT2D eigenvalue weighted by Crippen LogP contribution is -2.24. The van der Waals surface area contributed by atoms with Gasteiger partial charge in [-0.1, -0.05) is 24.3 Å². The molecule has 13 heavy (non-hydrogen) atoms. The lowest BCUT2D eigenvalue weighted by Gasteiger charge is -2.11. The van der Waals surface area contributed by atoms with Crippen LogP contribution in [0.2, 0.25) is 0 Å². The van der Waals surface area contributed by atoms with Gasteiger partial charge in [0.25, 0.3) is 0 Å². The highest BCUT2D eigenvalue weighted by Gasteiger charge is 2.35. The summed E-state index contributed by atoms with van der Waals surface area (Å²) in [5, 5.41) is 18.9. The van der Waals surface area contributed by atoms with Crippen molar-refractivity contribution >= 4 is 12.4 Å². The van der Waals surface area contributed by atoms with E-state index in [0.29, 0.717) is 0 Å². The Morgan fingerprint density at radius 1 is 1.08 bits per heavy atom. The Kier molecular flexibility index (Phi) is 2.93. The summed E-state index contributed by atoms with van der Waals surface area (Å²) in [6.07, 6.45) is -1.68. The van der Waals surface area contributed by atoms with Gasteiger partial charge in [0.1, 0.15) is 12.2 Å². The summed E-state index contributed by atoms with van der Waals surface area (Å²) in [5.41, 5.74) is 7.26. The first kappa shape index (κ1) is 10.5. The second-order valence-electron chi connectivity index (χ2n) is 3.09. The van der Waals surface area contributed by atoms with Crippen LogP contribution in [0.15, 0.2) is 24.3 Å². The first-order chi connectivity index (χ1) is 5.72. The van der Waals surface area contributed by atoms with Crippen LogP contribution in [0.5, 0.6) is 0 Å². The number of rotatable bonds is 0. The number of aliphatic hydroxyl groups is 2. The largest absolute Gasteiger partial charge is 0.388 e. The zero-order chi connectivity index (χ0) is 8.72. The van der Waals surface area contributed by atoms with Crippen molar-refractivity contribution in [2.24, 2.45) is 5.73 Å². The maximum absolute atomic E-state index is 9.49. The third kappa shape index (κ3) is 1.44. The minimum atomic E-state index is -0.859. The van der Waals surface area contributed by atoms with Gasteiger partial charge in [-0.05, 0) is 11.1 Å². The number of halogens is 1. The molecule has 0 aromatic heterocycles. The van der Waals surface area contributed by atoms with E-state index < -0.39 is 18.2 Å². The average Bonchev–Trinajstić information content (AvgIpc) is 2.33. The molecule has 4 N–H and O–H groups in total. The Morgan fingerprint density at radius 2 is 1.62 bits per heavy atom. The zero-order valence-corrected chi connectivity index (χ0v) is 7.74. The lowest BCUT2D eigenvalue weighted by atomic mass is 10.1. The van der Waals surface area contributed by atoms with Gasteiger partial charge in [-0.2, -0.15) is 0 Å². The molecule has 1 aromatic carbocycles. The van der Waals surface area contributed by atoms with E-state index in [1.807, 2.05) is 18.2 Å². The monoisotopic (exact) mass is 201 g/mol. The second-order valence-corrected chi connectivity index (χ2v) is 3.09. The molecule has 0 amide bonds. The fourth-order valence-corrected chi connectivity index (χ4v) is 1.65. The number of fused-ring (bicyclic) bond motifs is 1. The summed E-state index contributed by atoms with van der Waals surface area (Å²) in [6, 6.07) is 6.85. The van der Waals surface area contributed by atoms with Gasteiger partial charge in [0.05, 0.1) is 6.04 Å². The molecule has 1 aliphatic rings. The molecule has 2 rings (SSSR count). The minimum Gasteiger partial charge on any atom is -0.388 e. The Bertz CT molecular complexity index is 276. The van der Waals surface area contributed by atoms with E-state index in [2.05, 4.69) is 0 Å². The molecule has 1 unspecified atom stereocenters. The highest BCUT2D eigenvalue weighted by atomic mass is 35.5. The average molecular weight is 202 g/mol. The predicted molar refractivity (Wildman–Crippen MR) is 51.6 cm³/mol. The van der Waals surface area contributed by atoms with Crippen molar-refractivity contribution in [2.45, 2.75) is 18.2 Å². The SMILES string of the molecule is Cl.N[C@@H]1c2ccccc2C(O)[C@@H]1O. The van der Waals surface area contributed by atoms with Crippen LogP contribution in [-0.4, -0.2) is 16.3 Å². The quantitative estimate of drug-likeness (QED) is 0.573. The lowest BCUT2D eigenvalue weighted by molar-refractivity contribution is 0.0181. The fourth-order valence-electron chi connectivity index (χ4n) is 1.65. The van der Waals surface area contributed by atoms with Gasteiger partial charge in [0.15, 0.2) is 0 Å². The number of nitrogens with two attached hydrogens (primary N) is 1. The van der Waals surface area contributed by atoms with Gasteiger partial charge in [0.2, 0.25) is 0 Å². The third-order valence-electron chi connectivity index (χ3n) is 2.37. The predicted octanol–water partition coefficient (Wildman–Crippen LogP) is 0.516. The third-order valence-corrected chi connectivity index (χ3v) is 2.37. The molecule has 4 heteroatoms. The summed E-state index contributed by atoms with van der Waals surface area (Å²) in [7, 11) is 0. The number of aliphatic hydroxyl groups excluding tert-OH is 2. The molecule has 0 bridgehead atoms. The molecule has 0 heterocycles. The Labute approximate surface area is 82.6 Å². The summed E-state index contributed by atoms with van der Waals surface area (Å²) >= 11 is 0. The van der Waals surface area contributed by atoms with Crippen LogP contribution in [-0.2, 0) is 0 Å². The molecule has 72 valence electrons. The van der Waals surface area contributed by atoms with Crippen LogP contribution in [0.1, 0.15) is 23.3 Å². The van der Waals surface area contributed by atoms with E-state index >= 15 is 0 Å². The molecular formula is C9H12ClNO2. The van der Waals surface area contributed by atoms with Crippen molar-refractivity contribution in [2.75, 3.05) is 0 Å². The number of hydrogen-bond acceptors (Lipinski definition) is 3. The van der Waals surface area contributed by atoms with Crippen molar-refractivity contribution in [3.05, 3.63) is 35.4 Å². The topological polar surface area (TPSA) is 66.5 Å². The van der Waals surface area contributed by atoms with Crippen LogP contribution >= 0.6 is 12.4 Å². The second kappa shape index (κ2) is 3.64. The number of hydrogen-bond donors (Lipinski definition) is 3. The van der Waals surface area contributed by atoms with Crippen LogP contribution in [0, 0.1) is 0 Å². The first-order valence-electron chi connectivity index (χ1n) is 3.92. The number of benzene rings is 1. The Hall–Kier alpha value is -0.610. The van der Waals surface area contributed by atoms with E-state index in [-0.39, 0.29) is 12.4 Å². The van der Waals surface area contributed by atoms with Gasteiger partial charge in [-0.15, -0.1) is 12.4 Å². The molecule has 0 aliphatic heterocycles. The van der Waals surface area contributed by atoms with Crippen LogP contribution < -0.4 is 5.73 Å². The van der Waals surface area contributed by atoms with Gasteiger partial charge in [-0.25, -0.2) is 0 Å². The minimum absolute atomic E-state index is 0.